The number of amides is 1. The topological polar surface area (TPSA) is 44.9 Å². The summed E-state index contributed by atoms with van der Waals surface area (Å²) in [5.74, 6) is 0.0537. The van der Waals surface area contributed by atoms with E-state index in [9.17, 15) is 9.18 Å². The Morgan fingerprint density at radius 2 is 2.11 bits per heavy atom. The van der Waals surface area contributed by atoms with Gasteiger partial charge in [0.15, 0.2) is 0 Å². The number of benzene rings is 1. The summed E-state index contributed by atoms with van der Waals surface area (Å²) in [5, 5.41) is 3.35. The van der Waals surface area contributed by atoms with Gasteiger partial charge < -0.3 is 10.3 Å². The Hall–Kier alpha value is -1.84. The largest absolute Gasteiger partial charge is 0.357 e. The van der Waals surface area contributed by atoms with E-state index in [2.05, 4.69) is 10.3 Å². The molecule has 1 aromatic carbocycles. The van der Waals surface area contributed by atoms with Crippen LogP contribution in [-0.2, 0) is 11.3 Å². The molecule has 0 aliphatic heterocycles. The summed E-state index contributed by atoms with van der Waals surface area (Å²) in [6.07, 6.45) is 0.450. The third kappa shape index (κ3) is 2.95. The second-order valence-electron chi connectivity index (χ2n) is 5.04. The maximum atomic E-state index is 14.0. The molecule has 0 saturated heterocycles. The van der Waals surface area contributed by atoms with Gasteiger partial charge in [-0.15, -0.1) is 0 Å². The lowest BCUT2D eigenvalue weighted by molar-refractivity contribution is -0.120. The molecule has 0 atom stereocenters. The molecule has 0 saturated carbocycles. The molecular formula is C15H19FN2O. The predicted molar refractivity (Wildman–Crippen MR) is 74.5 cm³/mol. The van der Waals surface area contributed by atoms with Crippen molar-refractivity contribution < 1.29 is 9.18 Å². The van der Waals surface area contributed by atoms with Crippen molar-refractivity contribution in [2.24, 2.45) is 0 Å². The molecule has 102 valence electrons. The molecular weight excluding hydrogens is 243 g/mol. The van der Waals surface area contributed by atoms with Crippen LogP contribution < -0.4 is 5.32 Å². The van der Waals surface area contributed by atoms with E-state index in [4.69, 9.17) is 0 Å². The molecule has 19 heavy (non-hydrogen) atoms. The van der Waals surface area contributed by atoms with Gasteiger partial charge in [-0.2, -0.15) is 0 Å². The lowest BCUT2D eigenvalue weighted by Crippen LogP contribution is -2.21. The number of carbonyl (C=O) groups excluding carboxylic acids is 1. The van der Waals surface area contributed by atoms with Crippen molar-refractivity contribution in [2.45, 2.75) is 39.7 Å². The number of H-pyrrole nitrogens is 1. The first-order chi connectivity index (χ1) is 9.01. The van der Waals surface area contributed by atoms with Crippen molar-refractivity contribution in [3.63, 3.8) is 0 Å². The molecule has 0 aliphatic rings. The number of halogens is 1. The van der Waals surface area contributed by atoms with Crippen molar-refractivity contribution in [3.05, 3.63) is 35.3 Å². The summed E-state index contributed by atoms with van der Waals surface area (Å²) >= 11 is 0. The first-order valence-electron chi connectivity index (χ1n) is 6.59. The van der Waals surface area contributed by atoms with Crippen molar-refractivity contribution in [1.29, 1.82) is 0 Å². The average Bonchev–Trinajstić information content (AvgIpc) is 2.79. The van der Waals surface area contributed by atoms with Gasteiger partial charge in [-0.25, -0.2) is 4.39 Å². The summed E-state index contributed by atoms with van der Waals surface area (Å²) in [6, 6.07) is 5.30. The first-order valence-corrected chi connectivity index (χ1v) is 6.59. The fourth-order valence-electron chi connectivity index (χ4n) is 2.02. The average molecular weight is 262 g/mol. The monoisotopic (exact) mass is 262 g/mol. The normalized spacial score (nSPS) is 11.2. The Labute approximate surface area is 112 Å². The van der Waals surface area contributed by atoms with Gasteiger partial charge in [-0.1, -0.05) is 20.8 Å². The number of carbonyl (C=O) groups is 1. The zero-order valence-corrected chi connectivity index (χ0v) is 11.5. The van der Waals surface area contributed by atoms with Gasteiger partial charge in [0.1, 0.15) is 5.82 Å². The molecule has 1 aromatic heterocycles. The van der Waals surface area contributed by atoms with Gasteiger partial charge in [0, 0.05) is 23.0 Å². The smallest absolute Gasteiger partial charge is 0.220 e. The van der Waals surface area contributed by atoms with E-state index in [0.29, 0.717) is 18.4 Å². The Kier molecular flexibility index (Phi) is 3.88. The number of aromatic nitrogens is 1. The molecule has 1 heterocycles. The van der Waals surface area contributed by atoms with E-state index in [1.54, 1.807) is 19.1 Å². The third-order valence-electron chi connectivity index (χ3n) is 3.23. The fraction of sp³-hybridized carbons (Fsp3) is 0.400. The SMILES string of the molecule is CCC(=O)NCc1cc2c(F)cc(C(C)C)cc2[nH]1. The highest BCUT2D eigenvalue weighted by Crippen LogP contribution is 2.25. The van der Waals surface area contributed by atoms with Gasteiger partial charge in [0.25, 0.3) is 0 Å². The van der Waals surface area contributed by atoms with Crippen LogP contribution in [0.1, 0.15) is 44.4 Å². The molecule has 0 unspecified atom stereocenters. The number of aromatic amines is 1. The zero-order valence-electron chi connectivity index (χ0n) is 11.5. The zero-order chi connectivity index (χ0) is 14.0. The van der Waals surface area contributed by atoms with Crippen LogP contribution in [0.25, 0.3) is 10.9 Å². The van der Waals surface area contributed by atoms with Crippen LogP contribution in [-0.4, -0.2) is 10.9 Å². The molecule has 2 N–H and O–H groups in total. The number of hydrogen-bond acceptors (Lipinski definition) is 1. The quantitative estimate of drug-likeness (QED) is 0.870. The molecule has 2 rings (SSSR count). The molecule has 0 bridgehead atoms. The van der Waals surface area contributed by atoms with E-state index in [-0.39, 0.29) is 17.6 Å². The predicted octanol–water partition coefficient (Wildman–Crippen LogP) is 3.46. The van der Waals surface area contributed by atoms with Crippen LogP contribution in [0.4, 0.5) is 4.39 Å². The molecule has 1 amide bonds. The molecule has 0 radical (unpaired) electrons. The molecule has 0 fully saturated rings. The van der Waals surface area contributed by atoms with Crippen molar-refractivity contribution in [1.82, 2.24) is 10.3 Å². The molecule has 4 heteroatoms. The Balaban J connectivity index is 2.29. The van der Waals surface area contributed by atoms with Gasteiger partial charge in [0.05, 0.1) is 6.54 Å². The van der Waals surface area contributed by atoms with E-state index in [0.717, 1.165) is 16.8 Å². The standard InChI is InChI=1S/C15H19FN2O/c1-4-15(19)17-8-11-7-12-13(16)5-10(9(2)3)6-14(12)18-11/h5-7,9,18H,4,8H2,1-3H3,(H,17,19). The van der Waals surface area contributed by atoms with Crippen molar-refractivity contribution in [3.8, 4) is 0 Å². The number of rotatable bonds is 4. The summed E-state index contributed by atoms with van der Waals surface area (Å²) in [4.78, 5) is 14.4. The van der Waals surface area contributed by atoms with E-state index in [1.807, 2.05) is 19.9 Å². The highest BCUT2D eigenvalue weighted by atomic mass is 19.1. The van der Waals surface area contributed by atoms with Crippen LogP contribution in [0.3, 0.4) is 0 Å². The van der Waals surface area contributed by atoms with Crippen molar-refractivity contribution in [2.75, 3.05) is 0 Å². The fourth-order valence-corrected chi connectivity index (χ4v) is 2.02. The maximum absolute atomic E-state index is 14.0. The van der Waals surface area contributed by atoms with Crippen LogP contribution in [0.15, 0.2) is 18.2 Å². The van der Waals surface area contributed by atoms with Gasteiger partial charge in [-0.3, -0.25) is 4.79 Å². The van der Waals surface area contributed by atoms with E-state index < -0.39 is 0 Å². The highest BCUT2D eigenvalue weighted by molar-refractivity contribution is 5.82. The summed E-state index contributed by atoms with van der Waals surface area (Å²) < 4.78 is 14.0. The second-order valence-corrected chi connectivity index (χ2v) is 5.04. The molecule has 2 aromatic rings. The summed E-state index contributed by atoms with van der Waals surface area (Å²) in [7, 11) is 0. The lowest BCUT2D eigenvalue weighted by atomic mass is 10.0. The van der Waals surface area contributed by atoms with Gasteiger partial charge in [0.2, 0.25) is 5.91 Å². The molecule has 3 nitrogen and oxygen atoms in total. The van der Waals surface area contributed by atoms with Crippen LogP contribution in [0, 0.1) is 5.82 Å². The minimum atomic E-state index is -0.217. The molecule has 0 spiro atoms. The van der Waals surface area contributed by atoms with E-state index in [1.165, 1.54) is 0 Å². The van der Waals surface area contributed by atoms with Gasteiger partial charge in [-0.05, 0) is 29.7 Å². The number of hydrogen-bond donors (Lipinski definition) is 2. The van der Waals surface area contributed by atoms with Crippen LogP contribution >= 0.6 is 0 Å². The lowest BCUT2D eigenvalue weighted by Gasteiger charge is -2.05. The van der Waals surface area contributed by atoms with Crippen LogP contribution in [0.5, 0.6) is 0 Å². The minimum Gasteiger partial charge on any atom is -0.357 e. The Morgan fingerprint density at radius 1 is 1.37 bits per heavy atom. The van der Waals surface area contributed by atoms with Gasteiger partial charge >= 0.3 is 0 Å². The highest BCUT2D eigenvalue weighted by Gasteiger charge is 2.10. The number of nitrogens with one attached hydrogen (secondary N) is 2. The number of fused-ring (bicyclic) bond motifs is 1. The summed E-state index contributed by atoms with van der Waals surface area (Å²) in [5.41, 5.74) is 2.57. The Morgan fingerprint density at radius 3 is 2.74 bits per heavy atom. The van der Waals surface area contributed by atoms with Crippen molar-refractivity contribution >= 4 is 16.8 Å². The molecule has 0 aliphatic carbocycles. The van der Waals surface area contributed by atoms with E-state index >= 15 is 0 Å². The maximum Gasteiger partial charge on any atom is 0.220 e. The third-order valence-corrected chi connectivity index (χ3v) is 3.23. The first kappa shape index (κ1) is 13.6. The van der Waals surface area contributed by atoms with Crippen LogP contribution in [0.2, 0.25) is 0 Å². The Bertz CT molecular complexity index is 601. The minimum absolute atomic E-state index is 0.0120. The summed E-state index contributed by atoms with van der Waals surface area (Å²) in [6.45, 7) is 6.27. The second kappa shape index (κ2) is 5.43.